The van der Waals surface area contributed by atoms with E-state index in [1.165, 1.54) is 12.1 Å². The summed E-state index contributed by atoms with van der Waals surface area (Å²) in [5, 5.41) is 15.0. The van der Waals surface area contributed by atoms with Gasteiger partial charge in [-0.2, -0.15) is 10.2 Å². The second-order valence-electron chi connectivity index (χ2n) is 5.18. The topological polar surface area (TPSA) is 72.8 Å². The van der Waals surface area contributed by atoms with E-state index in [2.05, 4.69) is 31.7 Å². The molecule has 0 aliphatic heterocycles. The first-order valence-electron chi connectivity index (χ1n) is 7.97. The van der Waals surface area contributed by atoms with Crippen LogP contribution in [0.25, 0.3) is 0 Å². The lowest BCUT2D eigenvalue weighted by Gasteiger charge is -2.13. The number of halogens is 1. The van der Waals surface area contributed by atoms with Crippen LogP contribution in [0, 0.1) is 5.82 Å². The number of rotatable bonds is 5. The number of nitrogens with one attached hydrogen (secondary N) is 4. The highest BCUT2D eigenvalue weighted by atomic mass is 32.1. The second-order valence-corrected chi connectivity index (χ2v) is 5.99. The fourth-order valence-corrected chi connectivity index (χ4v) is 2.13. The van der Waals surface area contributed by atoms with Crippen LogP contribution in [0.3, 0.4) is 0 Å². The van der Waals surface area contributed by atoms with Gasteiger partial charge in [0.1, 0.15) is 17.2 Å². The highest BCUT2D eigenvalue weighted by Crippen LogP contribution is 2.11. The molecule has 4 N–H and O–H groups in total. The fourth-order valence-electron chi connectivity index (χ4n) is 2.04. The molecular formula is C18H19FN6S2. The van der Waals surface area contributed by atoms with Gasteiger partial charge >= 0.3 is 0 Å². The van der Waals surface area contributed by atoms with Crippen LogP contribution in [0.5, 0.6) is 0 Å². The first-order chi connectivity index (χ1) is 13.0. The quantitative estimate of drug-likeness (QED) is 0.349. The Morgan fingerprint density at radius 1 is 0.741 bits per heavy atom. The molecule has 0 spiro atoms. The molecule has 0 saturated carbocycles. The molecule has 0 radical (unpaired) electrons. The Morgan fingerprint density at radius 2 is 1.19 bits per heavy atom. The maximum atomic E-state index is 13.4. The third-order valence-corrected chi connectivity index (χ3v) is 3.97. The zero-order chi connectivity index (χ0) is 19.6. The molecule has 0 aliphatic rings. The summed E-state index contributed by atoms with van der Waals surface area (Å²) in [6, 6.07) is 15.4. The molecule has 0 heterocycles. The monoisotopic (exact) mass is 402 g/mol. The maximum absolute atomic E-state index is 13.4. The summed E-state index contributed by atoms with van der Waals surface area (Å²) in [5.41, 5.74) is 7.95. The molecule has 0 unspecified atom stereocenters. The van der Waals surface area contributed by atoms with E-state index in [0.717, 1.165) is 5.56 Å². The number of nitrogens with zero attached hydrogens (tertiary/aromatic N) is 2. The van der Waals surface area contributed by atoms with Crippen molar-refractivity contribution in [2.24, 2.45) is 10.2 Å². The fraction of sp³-hybridized carbons (Fsp3) is 0.111. The smallest absolute Gasteiger partial charge is 0.186 e. The van der Waals surface area contributed by atoms with E-state index in [-0.39, 0.29) is 5.82 Å². The third kappa shape index (κ3) is 6.08. The Kier molecular flexibility index (Phi) is 7.78. The van der Waals surface area contributed by atoms with Crippen LogP contribution >= 0.6 is 24.4 Å². The molecule has 2 rings (SSSR count). The van der Waals surface area contributed by atoms with E-state index < -0.39 is 0 Å². The number of hydrogen-bond acceptors (Lipinski definition) is 4. The molecule has 140 valence electrons. The third-order valence-electron chi connectivity index (χ3n) is 3.38. The van der Waals surface area contributed by atoms with Crippen LogP contribution in [0.4, 0.5) is 4.39 Å². The van der Waals surface area contributed by atoms with Crippen LogP contribution in [-0.4, -0.2) is 35.7 Å². The predicted octanol–water partition coefficient (Wildman–Crippen LogP) is 2.12. The normalized spacial score (nSPS) is 11.5. The average Bonchev–Trinajstić information content (AvgIpc) is 2.71. The Labute approximate surface area is 167 Å². The Morgan fingerprint density at radius 3 is 1.63 bits per heavy atom. The van der Waals surface area contributed by atoms with Crippen molar-refractivity contribution in [2.75, 3.05) is 14.1 Å². The standard InChI is InChI=1S/C18H19FN6S2/c1-20-17(26)24-22-15(12-6-4-3-5-7-12)16(23-25-18(27)21-2)13-8-10-14(19)11-9-13/h3-11H,1-2H3,(H2,20,24,26)(H2,21,25,27). The average molecular weight is 403 g/mol. The van der Waals surface area contributed by atoms with E-state index >= 15 is 0 Å². The molecule has 27 heavy (non-hydrogen) atoms. The predicted molar refractivity (Wildman–Crippen MR) is 116 cm³/mol. The van der Waals surface area contributed by atoms with Crippen molar-refractivity contribution in [1.82, 2.24) is 21.5 Å². The highest BCUT2D eigenvalue weighted by Gasteiger charge is 2.16. The van der Waals surface area contributed by atoms with Gasteiger partial charge in [0.05, 0.1) is 0 Å². The summed E-state index contributed by atoms with van der Waals surface area (Å²) < 4.78 is 13.4. The zero-order valence-electron chi connectivity index (χ0n) is 14.8. The van der Waals surface area contributed by atoms with Gasteiger partial charge in [0.15, 0.2) is 10.2 Å². The van der Waals surface area contributed by atoms with Gasteiger partial charge in [-0.15, -0.1) is 0 Å². The molecule has 0 atom stereocenters. The Bertz CT molecular complexity index is 850. The van der Waals surface area contributed by atoms with Gasteiger partial charge in [0, 0.05) is 25.2 Å². The molecule has 9 heteroatoms. The number of hydrogen-bond donors (Lipinski definition) is 4. The molecular weight excluding hydrogens is 383 g/mol. The minimum absolute atomic E-state index is 0.334. The van der Waals surface area contributed by atoms with Gasteiger partial charge < -0.3 is 10.6 Å². The highest BCUT2D eigenvalue weighted by molar-refractivity contribution is 7.80. The Balaban J connectivity index is 2.56. The number of hydrazone groups is 2. The van der Waals surface area contributed by atoms with Crippen molar-refractivity contribution in [1.29, 1.82) is 0 Å². The van der Waals surface area contributed by atoms with Gasteiger partial charge in [0.2, 0.25) is 0 Å². The van der Waals surface area contributed by atoms with Gasteiger partial charge in [-0.25, -0.2) is 4.39 Å². The van der Waals surface area contributed by atoms with Crippen molar-refractivity contribution in [3.05, 3.63) is 71.5 Å². The van der Waals surface area contributed by atoms with E-state index in [9.17, 15) is 4.39 Å². The number of thiocarbonyl (C=S) groups is 2. The molecule has 0 bridgehead atoms. The Hall–Kier alpha value is -2.91. The van der Waals surface area contributed by atoms with Crippen molar-refractivity contribution in [2.45, 2.75) is 0 Å². The zero-order valence-corrected chi connectivity index (χ0v) is 16.4. The van der Waals surface area contributed by atoms with Crippen LogP contribution in [0.1, 0.15) is 11.1 Å². The first-order valence-corrected chi connectivity index (χ1v) is 8.79. The van der Waals surface area contributed by atoms with E-state index in [1.807, 2.05) is 30.3 Å². The van der Waals surface area contributed by atoms with Crippen LogP contribution in [0.2, 0.25) is 0 Å². The lowest BCUT2D eigenvalue weighted by molar-refractivity contribution is 0.628. The summed E-state index contributed by atoms with van der Waals surface area (Å²) in [6.07, 6.45) is 0. The summed E-state index contributed by atoms with van der Waals surface area (Å²) in [6.45, 7) is 0. The van der Waals surface area contributed by atoms with E-state index in [0.29, 0.717) is 27.2 Å². The van der Waals surface area contributed by atoms with E-state index in [4.69, 9.17) is 24.4 Å². The second kappa shape index (κ2) is 10.3. The summed E-state index contributed by atoms with van der Waals surface area (Å²) in [7, 11) is 3.37. The van der Waals surface area contributed by atoms with Crippen LogP contribution in [-0.2, 0) is 0 Å². The van der Waals surface area contributed by atoms with Gasteiger partial charge in [-0.3, -0.25) is 10.9 Å². The minimum atomic E-state index is -0.343. The van der Waals surface area contributed by atoms with Crippen LogP contribution in [0.15, 0.2) is 64.8 Å². The molecule has 2 aromatic carbocycles. The van der Waals surface area contributed by atoms with Crippen molar-refractivity contribution in [3.8, 4) is 0 Å². The maximum Gasteiger partial charge on any atom is 0.186 e. The summed E-state index contributed by atoms with van der Waals surface area (Å²) >= 11 is 10.2. The van der Waals surface area contributed by atoms with Crippen molar-refractivity contribution >= 4 is 46.1 Å². The minimum Gasteiger partial charge on any atom is -0.364 e. The molecule has 0 aliphatic carbocycles. The SMILES string of the molecule is CNC(=S)NN=C(C(=NNC(=S)NC)c1ccc(F)cc1)c1ccccc1. The van der Waals surface area contributed by atoms with E-state index in [1.54, 1.807) is 26.2 Å². The van der Waals surface area contributed by atoms with Gasteiger partial charge in [0.25, 0.3) is 0 Å². The lowest BCUT2D eigenvalue weighted by Crippen LogP contribution is -2.33. The first kappa shape index (κ1) is 20.4. The molecule has 0 saturated heterocycles. The molecule has 0 aromatic heterocycles. The lowest BCUT2D eigenvalue weighted by atomic mass is 10.00. The molecule has 0 amide bonds. The molecule has 6 nitrogen and oxygen atoms in total. The van der Waals surface area contributed by atoms with Gasteiger partial charge in [-0.1, -0.05) is 30.3 Å². The van der Waals surface area contributed by atoms with Crippen molar-refractivity contribution in [3.63, 3.8) is 0 Å². The molecule has 2 aromatic rings. The summed E-state index contributed by atoms with van der Waals surface area (Å²) in [4.78, 5) is 0. The largest absolute Gasteiger partial charge is 0.364 e. The molecule has 0 fully saturated rings. The van der Waals surface area contributed by atoms with Crippen LogP contribution < -0.4 is 21.5 Å². The number of benzene rings is 2. The van der Waals surface area contributed by atoms with Gasteiger partial charge in [-0.05, 0) is 48.7 Å². The van der Waals surface area contributed by atoms with Crippen molar-refractivity contribution < 1.29 is 4.39 Å². The summed E-state index contributed by atoms with van der Waals surface area (Å²) in [5.74, 6) is -0.343.